The van der Waals surface area contributed by atoms with Crippen molar-refractivity contribution in [3.8, 4) is 0 Å². The van der Waals surface area contributed by atoms with Crippen molar-refractivity contribution in [1.82, 2.24) is 0 Å². The maximum absolute atomic E-state index is 9.19. The summed E-state index contributed by atoms with van der Waals surface area (Å²) in [6.45, 7) is 2.07. The molecule has 0 unspecified atom stereocenters. The molecule has 4 rings (SSSR count). The molecule has 212 valence electrons. The fourth-order valence-corrected chi connectivity index (χ4v) is 3.03. The smallest absolute Gasteiger partial charge is 0.261 e. The van der Waals surface area contributed by atoms with Gasteiger partial charge in [-0.1, -0.05) is 17.7 Å². The molecule has 0 saturated carbocycles. The van der Waals surface area contributed by atoms with Crippen LogP contribution in [0.3, 0.4) is 0 Å². The van der Waals surface area contributed by atoms with Gasteiger partial charge in [-0.3, -0.25) is 9.11 Å². The van der Waals surface area contributed by atoms with Crippen LogP contribution in [0.4, 0.5) is 28.4 Å². The summed E-state index contributed by atoms with van der Waals surface area (Å²) in [5, 5.41) is 6.52. The summed E-state index contributed by atoms with van der Waals surface area (Å²) in [7, 11) is -5.42. The second-order valence-corrected chi connectivity index (χ2v) is 11.5. The first-order valence-electron chi connectivity index (χ1n) is 11.8. The number of aryl methyl sites for hydroxylation is 1. The number of allylic oxidation sites excluding steroid dienone is 4. The lowest BCUT2D eigenvalue weighted by Crippen LogP contribution is -1.99. The van der Waals surface area contributed by atoms with Crippen molar-refractivity contribution >= 4 is 60.1 Å². The largest absolute Gasteiger partial charge is 0.388 e. The van der Waals surface area contributed by atoms with Gasteiger partial charge < -0.3 is 10.6 Å². The van der Waals surface area contributed by atoms with E-state index in [4.69, 9.17) is 14.1 Å². The summed E-state index contributed by atoms with van der Waals surface area (Å²) < 4.78 is 51.7. The Morgan fingerprint density at radius 1 is 0.575 bits per heavy atom. The van der Waals surface area contributed by atoms with Crippen LogP contribution in [0, 0.1) is 6.92 Å². The van der Waals surface area contributed by atoms with Gasteiger partial charge in [0, 0.05) is 24.1 Å². The average molecular weight is 585 g/mol. The number of benzene rings is 3. The number of anilines is 3. The first-order valence-corrected chi connectivity index (χ1v) is 15.5. The van der Waals surface area contributed by atoms with Gasteiger partial charge in [0.15, 0.2) is 0 Å². The van der Waals surface area contributed by atoms with Gasteiger partial charge in [-0.25, -0.2) is 9.98 Å². The third-order valence-corrected chi connectivity index (χ3v) is 4.73. The molecule has 0 bridgehead atoms. The lowest BCUT2D eigenvalue weighted by Gasteiger charge is -2.08. The van der Waals surface area contributed by atoms with E-state index in [0.717, 1.165) is 39.9 Å². The second kappa shape index (κ2) is 14.9. The maximum Gasteiger partial charge on any atom is 0.261 e. The second-order valence-electron chi connectivity index (χ2n) is 8.54. The normalized spacial score (nSPS) is 12.3. The Kier molecular flexibility index (Phi) is 12.0. The quantitative estimate of drug-likeness (QED) is 0.218. The molecule has 0 fully saturated rings. The van der Waals surface area contributed by atoms with Crippen molar-refractivity contribution in [2.24, 2.45) is 9.98 Å². The van der Waals surface area contributed by atoms with Gasteiger partial charge in [0.2, 0.25) is 0 Å². The van der Waals surface area contributed by atoms with E-state index < -0.39 is 20.2 Å². The van der Waals surface area contributed by atoms with E-state index in [1.807, 2.05) is 92.0 Å². The van der Waals surface area contributed by atoms with E-state index in [-0.39, 0.29) is 0 Å². The zero-order valence-electron chi connectivity index (χ0n) is 22.5. The van der Waals surface area contributed by atoms with E-state index in [2.05, 4.69) is 34.7 Å². The average Bonchev–Trinajstić information content (AvgIpc) is 2.86. The number of rotatable bonds is 5. The monoisotopic (exact) mass is 584 g/mol. The first-order chi connectivity index (χ1) is 18.7. The minimum absolute atomic E-state index is 0.715. The SMILES string of the molecule is CNc1ccc(Nc2ccc(N=C3C=CC(=Nc4ccc(C)cc4)C=C3)cc2)cc1.CS(=O)(=O)O.CS(=O)(=O)O. The first kappa shape index (κ1) is 32.1. The van der Waals surface area contributed by atoms with Gasteiger partial charge in [-0.05, 0) is 91.9 Å². The Morgan fingerprint density at radius 2 is 0.875 bits per heavy atom. The molecule has 3 aromatic carbocycles. The zero-order valence-corrected chi connectivity index (χ0v) is 24.1. The molecule has 4 N–H and O–H groups in total. The number of hydrogen-bond donors (Lipinski definition) is 4. The third-order valence-electron chi connectivity index (χ3n) is 4.73. The summed E-state index contributed by atoms with van der Waals surface area (Å²) in [6, 6.07) is 24.5. The zero-order chi connectivity index (χ0) is 29.8. The van der Waals surface area contributed by atoms with E-state index in [1.165, 1.54) is 5.56 Å². The van der Waals surface area contributed by atoms with Crippen LogP contribution in [-0.4, -0.2) is 56.9 Å². The predicted octanol–water partition coefficient (Wildman–Crippen LogP) is 5.76. The molecule has 0 atom stereocenters. The predicted molar refractivity (Wildman–Crippen MR) is 164 cm³/mol. The van der Waals surface area contributed by atoms with Crippen LogP contribution < -0.4 is 10.6 Å². The summed E-state index contributed by atoms with van der Waals surface area (Å²) >= 11 is 0. The summed E-state index contributed by atoms with van der Waals surface area (Å²) in [4.78, 5) is 9.33. The molecular formula is C28H32N4O6S2. The molecule has 0 saturated heterocycles. The van der Waals surface area contributed by atoms with Crippen molar-refractivity contribution in [2.75, 3.05) is 30.2 Å². The highest BCUT2D eigenvalue weighted by molar-refractivity contribution is 7.85. The molecule has 0 heterocycles. The lowest BCUT2D eigenvalue weighted by molar-refractivity contribution is 0.488. The fourth-order valence-electron chi connectivity index (χ4n) is 3.03. The Bertz CT molecular complexity index is 1530. The molecule has 10 nitrogen and oxygen atoms in total. The Balaban J connectivity index is 0.000000482. The highest BCUT2D eigenvalue weighted by Crippen LogP contribution is 2.22. The van der Waals surface area contributed by atoms with Crippen LogP contribution in [0.25, 0.3) is 0 Å². The van der Waals surface area contributed by atoms with Crippen molar-refractivity contribution < 1.29 is 25.9 Å². The molecule has 0 aromatic heterocycles. The third kappa shape index (κ3) is 14.7. The van der Waals surface area contributed by atoms with Crippen LogP contribution in [0.15, 0.2) is 107 Å². The van der Waals surface area contributed by atoms with Gasteiger partial charge in [0.05, 0.1) is 35.3 Å². The number of aliphatic imine (C=N–C) groups is 2. The van der Waals surface area contributed by atoms with Crippen molar-refractivity contribution in [1.29, 1.82) is 0 Å². The summed E-state index contributed by atoms with van der Waals surface area (Å²) in [6.07, 6.45) is 9.39. The molecule has 0 aliphatic heterocycles. The van der Waals surface area contributed by atoms with E-state index in [1.54, 1.807) is 0 Å². The van der Waals surface area contributed by atoms with Crippen LogP contribution >= 0.6 is 0 Å². The molecule has 3 aromatic rings. The van der Waals surface area contributed by atoms with E-state index >= 15 is 0 Å². The minimum Gasteiger partial charge on any atom is -0.388 e. The van der Waals surface area contributed by atoms with Crippen LogP contribution in [0.2, 0.25) is 0 Å². The minimum atomic E-state index is -3.67. The number of nitrogens with one attached hydrogen (secondary N) is 2. The molecule has 0 radical (unpaired) electrons. The molecule has 40 heavy (non-hydrogen) atoms. The maximum atomic E-state index is 9.19. The van der Waals surface area contributed by atoms with Crippen molar-refractivity contribution in [3.05, 3.63) is 103 Å². The Labute approximate surface area is 235 Å². The van der Waals surface area contributed by atoms with Gasteiger partial charge in [-0.2, -0.15) is 16.8 Å². The molecule has 0 spiro atoms. The Morgan fingerprint density at radius 3 is 1.23 bits per heavy atom. The number of nitrogens with zero attached hydrogens (tertiary/aromatic N) is 2. The Hall–Kier alpha value is -4.10. The highest BCUT2D eigenvalue weighted by atomic mass is 32.2. The van der Waals surface area contributed by atoms with Gasteiger partial charge in [0.25, 0.3) is 20.2 Å². The fraction of sp³-hybridized carbons (Fsp3) is 0.143. The van der Waals surface area contributed by atoms with Crippen LogP contribution in [0.5, 0.6) is 0 Å². The van der Waals surface area contributed by atoms with E-state index in [0.29, 0.717) is 12.5 Å². The van der Waals surface area contributed by atoms with Crippen molar-refractivity contribution in [3.63, 3.8) is 0 Å². The van der Waals surface area contributed by atoms with Gasteiger partial charge in [0.1, 0.15) is 0 Å². The lowest BCUT2D eigenvalue weighted by atomic mass is 10.1. The van der Waals surface area contributed by atoms with Crippen LogP contribution in [0.1, 0.15) is 5.56 Å². The van der Waals surface area contributed by atoms with Crippen LogP contribution in [-0.2, 0) is 20.2 Å². The summed E-state index contributed by atoms with van der Waals surface area (Å²) in [5.41, 5.74) is 8.08. The standard InChI is InChI=1S/C26H24N4.2CH4O3S/c1-19-3-5-21(6-4-19)28-23-11-13-25(14-12-23)30-26-17-15-24(16-18-26)29-22-9-7-20(27-2)8-10-22;2*1-5(2,3)4/h3-18,27,29H,1-2H3;2*1H3,(H,2,3,4). The van der Waals surface area contributed by atoms with E-state index in [9.17, 15) is 16.8 Å². The van der Waals surface area contributed by atoms with Crippen molar-refractivity contribution in [2.45, 2.75) is 6.92 Å². The molecule has 1 aliphatic carbocycles. The molecular weight excluding hydrogens is 552 g/mol. The van der Waals surface area contributed by atoms with Gasteiger partial charge in [-0.15, -0.1) is 0 Å². The highest BCUT2D eigenvalue weighted by Gasteiger charge is 2.01. The topological polar surface area (TPSA) is 158 Å². The molecule has 12 heteroatoms. The number of hydrogen-bond acceptors (Lipinski definition) is 8. The molecule has 1 aliphatic rings. The summed E-state index contributed by atoms with van der Waals surface area (Å²) in [5.74, 6) is 0. The van der Waals surface area contributed by atoms with Gasteiger partial charge >= 0.3 is 0 Å². The molecule has 0 amide bonds.